The van der Waals surface area contributed by atoms with Gasteiger partial charge < -0.3 is 33.2 Å². The Labute approximate surface area is 252 Å². The van der Waals surface area contributed by atoms with Crippen molar-refractivity contribution >= 4 is 5.97 Å². The summed E-state index contributed by atoms with van der Waals surface area (Å²) in [5, 5.41) is 0. The van der Waals surface area contributed by atoms with Gasteiger partial charge in [-0.1, -0.05) is 67.6 Å². The van der Waals surface area contributed by atoms with Crippen LogP contribution in [0.3, 0.4) is 0 Å². The summed E-state index contributed by atoms with van der Waals surface area (Å²) in [6.07, 6.45) is 0.216. The average Bonchev–Trinajstić information content (AvgIpc) is 3.36. The summed E-state index contributed by atoms with van der Waals surface area (Å²) in [6, 6.07) is 27.0. The molecule has 0 bridgehead atoms. The van der Waals surface area contributed by atoms with E-state index in [4.69, 9.17) is 33.2 Å². The first-order valence-corrected chi connectivity index (χ1v) is 14.0. The lowest BCUT2D eigenvalue weighted by molar-refractivity contribution is -0.147. The molecule has 1 aliphatic heterocycles. The number of methoxy groups -OCH3 is 4. The quantitative estimate of drug-likeness (QED) is 0.170. The van der Waals surface area contributed by atoms with Gasteiger partial charge in [0.25, 0.3) is 0 Å². The summed E-state index contributed by atoms with van der Waals surface area (Å²) >= 11 is 0. The van der Waals surface area contributed by atoms with Crippen molar-refractivity contribution in [2.75, 3.05) is 28.4 Å². The second-order valence-corrected chi connectivity index (χ2v) is 10.3. The van der Waals surface area contributed by atoms with E-state index in [-0.39, 0.29) is 18.3 Å². The molecule has 1 heterocycles. The van der Waals surface area contributed by atoms with Crippen LogP contribution in [0.25, 0.3) is 0 Å². The number of carbonyl (C=O) groups excluding carboxylic acids is 1. The van der Waals surface area contributed by atoms with Crippen molar-refractivity contribution in [2.45, 2.75) is 32.2 Å². The second kappa shape index (κ2) is 13.0. The lowest BCUT2D eigenvalue weighted by Gasteiger charge is -2.34. The molecule has 8 heteroatoms. The van der Waals surface area contributed by atoms with Crippen molar-refractivity contribution in [2.24, 2.45) is 5.92 Å². The van der Waals surface area contributed by atoms with E-state index < -0.39 is 5.60 Å². The number of rotatable bonds is 12. The van der Waals surface area contributed by atoms with Crippen molar-refractivity contribution < 1.29 is 38.0 Å². The Bertz CT molecular complexity index is 1400. The maximum absolute atomic E-state index is 12.9. The maximum Gasteiger partial charge on any atom is 0.307 e. The molecule has 0 radical (unpaired) electrons. The van der Waals surface area contributed by atoms with Crippen LogP contribution in [0.2, 0.25) is 0 Å². The molecule has 1 aliphatic rings. The Morgan fingerprint density at radius 1 is 0.651 bits per heavy atom. The summed E-state index contributed by atoms with van der Waals surface area (Å²) in [5.74, 6) is 2.11. The Morgan fingerprint density at radius 3 is 1.33 bits per heavy atom. The highest BCUT2D eigenvalue weighted by molar-refractivity contribution is 5.75. The lowest BCUT2D eigenvalue weighted by Crippen LogP contribution is -2.33. The fraction of sp³-hybridized carbons (Fsp3) is 0.286. The van der Waals surface area contributed by atoms with E-state index in [1.807, 2.05) is 91.9 Å². The molecule has 0 amide bonds. The number of cyclic esters (lactones) is 1. The van der Waals surface area contributed by atoms with Gasteiger partial charge in [0.1, 0.15) is 13.2 Å². The summed E-state index contributed by atoms with van der Waals surface area (Å²) in [4.78, 5) is 12.9. The predicted octanol–water partition coefficient (Wildman–Crippen LogP) is 6.71. The van der Waals surface area contributed by atoms with Crippen LogP contribution in [0, 0.1) is 5.92 Å². The van der Waals surface area contributed by atoms with Crippen LogP contribution < -0.4 is 28.4 Å². The van der Waals surface area contributed by atoms with E-state index >= 15 is 0 Å². The molecule has 8 nitrogen and oxygen atoms in total. The van der Waals surface area contributed by atoms with Crippen molar-refractivity contribution in [1.29, 1.82) is 0 Å². The number of carbonyl (C=O) groups is 1. The Kier molecular flexibility index (Phi) is 8.95. The van der Waals surface area contributed by atoms with Gasteiger partial charge in [-0.3, -0.25) is 4.79 Å². The fourth-order valence-electron chi connectivity index (χ4n) is 5.50. The topological polar surface area (TPSA) is 81.7 Å². The zero-order valence-electron chi connectivity index (χ0n) is 25.0. The molecule has 0 N–H and O–H groups in total. The molecule has 0 aromatic heterocycles. The SMILES string of the molecule is COc1cc(C2(c3cc(OC)c(OCc4ccccc4)c(OC)c3)OC(=O)CC2C)cc(OC)c1OCc1ccccc1. The minimum absolute atomic E-state index is 0.216. The summed E-state index contributed by atoms with van der Waals surface area (Å²) < 4.78 is 41.7. The predicted molar refractivity (Wildman–Crippen MR) is 161 cm³/mol. The molecule has 5 rings (SSSR count). The van der Waals surface area contributed by atoms with Crippen LogP contribution in [0.15, 0.2) is 84.9 Å². The van der Waals surface area contributed by atoms with Gasteiger partial charge in [-0.05, 0) is 35.4 Å². The average molecular weight is 585 g/mol. The van der Waals surface area contributed by atoms with E-state index in [1.165, 1.54) is 0 Å². The van der Waals surface area contributed by atoms with Gasteiger partial charge in [0.05, 0.1) is 34.9 Å². The number of hydrogen-bond donors (Lipinski definition) is 0. The molecule has 43 heavy (non-hydrogen) atoms. The smallest absolute Gasteiger partial charge is 0.307 e. The molecular formula is C35H36O8. The summed E-state index contributed by atoms with van der Waals surface area (Å²) in [6.45, 7) is 2.62. The zero-order valence-corrected chi connectivity index (χ0v) is 25.0. The molecule has 0 saturated carbocycles. The number of hydrogen-bond acceptors (Lipinski definition) is 8. The Morgan fingerprint density at radius 2 is 1.02 bits per heavy atom. The van der Waals surface area contributed by atoms with Crippen LogP contribution >= 0.6 is 0 Å². The van der Waals surface area contributed by atoms with Gasteiger partial charge >= 0.3 is 5.97 Å². The van der Waals surface area contributed by atoms with Crippen LogP contribution in [0.5, 0.6) is 34.5 Å². The van der Waals surface area contributed by atoms with E-state index in [0.29, 0.717) is 58.8 Å². The highest BCUT2D eigenvalue weighted by Gasteiger charge is 2.51. The molecule has 4 aromatic carbocycles. The first-order valence-electron chi connectivity index (χ1n) is 14.0. The molecule has 1 unspecified atom stereocenters. The molecule has 0 spiro atoms. The third-order valence-electron chi connectivity index (χ3n) is 7.67. The summed E-state index contributed by atoms with van der Waals surface area (Å²) in [5.41, 5.74) is 2.12. The molecule has 1 fully saturated rings. The minimum Gasteiger partial charge on any atom is -0.493 e. The van der Waals surface area contributed by atoms with Gasteiger partial charge in [0.15, 0.2) is 28.6 Å². The first-order chi connectivity index (χ1) is 20.9. The summed E-state index contributed by atoms with van der Waals surface area (Å²) in [7, 11) is 6.26. The van der Waals surface area contributed by atoms with Crippen LogP contribution in [-0.4, -0.2) is 34.4 Å². The third-order valence-corrected chi connectivity index (χ3v) is 7.67. The van der Waals surface area contributed by atoms with Crippen molar-refractivity contribution in [3.63, 3.8) is 0 Å². The fourth-order valence-corrected chi connectivity index (χ4v) is 5.50. The standard InChI is InChI=1S/C35H36O8/c1-23-16-32(36)43-35(23,26-17-28(37-2)33(29(18-26)38-3)41-21-24-12-8-6-9-13-24)27-19-30(39-4)34(31(20-27)40-5)42-22-25-14-10-7-11-15-25/h6-15,17-20,23H,16,21-22H2,1-5H3. The van der Waals surface area contributed by atoms with Crippen LogP contribution in [0.4, 0.5) is 0 Å². The van der Waals surface area contributed by atoms with E-state index in [0.717, 1.165) is 11.1 Å². The van der Waals surface area contributed by atoms with Crippen molar-refractivity contribution in [3.8, 4) is 34.5 Å². The number of ether oxygens (including phenoxy) is 7. The first kappa shape index (κ1) is 29.6. The van der Waals surface area contributed by atoms with E-state index in [1.54, 1.807) is 28.4 Å². The minimum atomic E-state index is -1.20. The molecule has 1 atom stereocenters. The van der Waals surface area contributed by atoms with Crippen LogP contribution in [-0.2, 0) is 28.3 Å². The Balaban J connectivity index is 1.59. The Hall–Kier alpha value is -4.85. The van der Waals surface area contributed by atoms with Crippen molar-refractivity contribution in [1.82, 2.24) is 0 Å². The molecule has 224 valence electrons. The third kappa shape index (κ3) is 5.91. The van der Waals surface area contributed by atoms with Gasteiger partial charge in [-0.15, -0.1) is 0 Å². The molecular weight excluding hydrogens is 548 g/mol. The molecule has 1 saturated heterocycles. The van der Waals surface area contributed by atoms with Gasteiger partial charge in [-0.2, -0.15) is 0 Å². The normalized spacial score (nSPS) is 15.4. The highest BCUT2D eigenvalue weighted by Crippen LogP contribution is 2.53. The van der Waals surface area contributed by atoms with Crippen molar-refractivity contribution in [3.05, 3.63) is 107 Å². The lowest BCUT2D eigenvalue weighted by atomic mass is 9.76. The highest BCUT2D eigenvalue weighted by atomic mass is 16.6. The van der Waals surface area contributed by atoms with Gasteiger partial charge in [0.2, 0.25) is 11.5 Å². The molecule has 4 aromatic rings. The van der Waals surface area contributed by atoms with E-state index in [2.05, 4.69) is 0 Å². The largest absolute Gasteiger partial charge is 0.493 e. The zero-order chi connectivity index (χ0) is 30.4. The monoisotopic (exact) mass is 584 g/mol. The van der Waals surface area contributed by atoms with Gasteiger partial charge in [-0.25, -0.2) is 0 Å². The maximum atomic E-state index is 12.9. The number of benzene rings is 4. The second-order valence-electron chi connectivity index (χ2n) is 10.3. The number of esters is 1. The molecule has 0 aliphatic carbocycles. The van der Waals surface area contributed by atoms with Crippen LogP contribution in [0.1, 0.15) is 35.6 Å². The van der Waals surface area contributed by atoms with Gasteiger partial charge in [0, 0.05) is 17.0 Å². The van der Waals surface area contributed by atoms with E-state index in [9.17, 15) is 4.79 Å².